The van der Waals surface area contributed by atoms with Gasteiger partial charge in [-0.15, -0.1) is 11.8 Å². The predicted octanol–water partition coefficient (Wildman–Crippen LogP) is 5.27. The minimum Gasteiger partial charge on any atom is -0.366 e. The number of primary amides is 1. The van der Waals surface area contributed by atoms with Crippen molar-refractivity contribution in [2.24, 2.45) is 5.73 Å². The number of hydrogen-bond acceptors (Lipinski definition) is 6. The highest BCUT2D eigenvalue weighted by molar-refractivity contribution is 8.00. The fraction of sp³-hybridized carbons (Fsp3) is 0.0606. The third-order valence-electron chi connectivity index (χ3n) is 6.62. The highest BCUT2D eigenvalue weighted by Crippen LogP contribution is 2.34. The molecule has 9 nitrogen and oxygen atoms in total. The Hall–Kier alpha value is -5.19. The number of nitrogens with two attached hydrogens (primary N) is 1. The van der Waals surface area contributed by atoms with E-state index in [1.54, 1.807) is 84.9 Å². The number of halogens is 1. The SMILES string of the molecule is NC(=O)c1ccc(N2C(=O)CC(Sc3ccc(NC(=O)/C(=C/c4ccc(Cl)cc4)NC(=O)c4ccccc4)cc3)C2=O)cc1. The van der Waals surface area contributed by atoms with Crippen molar-refractivity contribution in [1.29, 1.82) is 0 Å². The second kappa shape index (κ2) is 13.4. The number of carbonyl (C=O) groups excluding carboxylic acids is 5. The fourth-order valence-corrected chi connectivity index (χ4v) is 5.57. The van der Waals surface area contributed by atoms with Gasteiger partial charge in [-0.2, -0.15) is 0 Å². The maximum absolute atomic E-state index is 13.3. The molecule has 4 N–H and O–H groups in total. The first-order valence-electron chi connectivity index (χ1n) is 13.4. The molecule has 1 unspecified atom stereocenters. The van der Waals surface area contributed by atoms with E-state index in [0.29, 0.717) is 27.5 Å². The van der Waals surface area contributed by atoms with Crippen LogP contribution in [0.4, 0.5) is 11.4 Å². The van der Waals surface area contributed by atoms with Crippen LogP contribution in [0.5, 0.6) is 0 Å². The molecule has 5 rings (SSSR count). The van der Waals surface area contributed by atoms with Crippen molar-refractivity contribution in [2.45, 2.75) is 16.6 Å². The molecule has 1 fully saturated rings. The molecule has 0 saturated carbocycles. The first-order valence-corrected chi connectivity index (χ1v) is 14.6. The maximum atomic E-state index is 13.3. The summed E-state index contributed by atoms with van der Waals surface area (Å²) in [6, 6.07) is 28.1. The largest absolute Gasteiger partial charge is 0.366 e. The van der Waals surface area contributed by atoms with Crippen LogP contribution in [0.1, 0.15) is 32.7 Å². The van der Waals surface area contributed by atoms with Gasteiger partial charge in [0.1, 0.15) is 5.70 Å². The molecule has 220 valence electrons. The van der Waals surface area contributed by atoms with Crippen LogP contribution in [0.25, 0.3) is 6.08 Å². The molecule has 4 aromatic rings. The van der Waals surface area contributed by atoms with E-state index in [2.05, 4.69) is 10.6 Å². The van der Waals surface area contributed by atoms with Gasteiger partial charge in [-0.3, -0.25) is 24.0 Å². The predicted molar refractivity (Wildman–Crippen MR) is 170 cm³/mol. The molecule has 5 amide bonds. The van der Waals surface area contributed by atoms with Crippen molar-refractivity contribution in [3.8, 4) is 0 Å². The Morgan fingerprint density at radius 1 is 0.841 bits per heavy atom. The number of carbonyl (C=O) groups is 5. The number of imide groups is 1. The third kappa shape index (κ3) is 7.23. The number of benzene rings is 4. The van der Waals surface area contributed by atoms with Gasteiger partial charge < -0.3 is 16.4 Å². The number of rotatable bonds is 9. The van der Waals surface area contributed by atoms with Crippen LogP contribution in [-0.2, 0) is 14.4 Å². The van der Waals surface area contributed by atoms with Gasteiger partial charge in [0, 0.05) is 33.2 Å². The number of amides is 5. The van der Waals surface area contributed by atoms with Gasteiger partial charge in [0.15, 0.2) is 0 Å². The van der Waals surface area contributed by atoms with Gasteiger partial charge >= 0.3 is 0 Å². The zero-order valence-corrected chi connectivity index (χ0v) is 24.6. The second-order valence-electron chi connectivity index (χ2n) is 9.70. The van der Waals surface area contributed by atoms with Gasteiger partial charge in [-0.05, 0) is 84.4 Å². The molecule has 4 aromatic carbocycles. The van der Waals surface area contributed by atoms with Crippen LogP contribution in [-0.4, -0.2) is 34.8 Å². The molecule has 0 radical (unpaired) electrons. The Balaban J connectivity index is 1.26. The van der Waals surface area contributed by atoms with Crippen LogP contribution in [0.3, 0.4) is 0 Å². The van der Waals surface area contributed by atoms with Crippen LogP contribution < -0.4 is 21.3 Å². The summed E-state index contributed by atoms with van der Waals surface area (Å²) >= 11 is 7.22. The summed E-state index contributed by atoms with van der Waals surface area (Å²) in [5.41, 5.74) is 7.45. The number of thioether (sulfide) groups is 1. The van der Waals surface area contributed by atoms with Crippen molar-refractivity contribution >= 4 is 70.3 Å². The molecule has 0 aliphatic carbocycles. The molecule has 0 spiro atoms. The number of nitrogens with zero attached hydrogens (tertiary/aromatic N) is 1. The monoisotopic (exact) mass is 624 g/mol. The first kappa shape index (κ1) is 30.3. The topological polar surface area (TPSA) is 139 Å². The van der Waals surface area contributed by atoms with Crippen LogP contribution in [0.2, 0.25) is 5.02 Å². The standard InChI is InChI=1S/C33H25ClN4O5S/c34-23-10-6-20(7-11-23)18-27(37-31(41)22-4-2-1-3-5-22)32(42)36-24-12-16-26(17-13-24)44-28-19-29(39)38(33(28)43)25-14-8-21(9-15-25)30(35)40/h1-18,28H,19H2,(H2,35,40)(H,36,42)(H,37,41)/b27-18-. The van der Waals surface area contributed by atoms with Crippen LogP contribution in [0.15, 0.2) is 114 Å². The van der Waals surface area contributed by atoms with E-state index in [9.17, 15) is 24.0 Å². The average Bonchev–Trinajstić information content (AvgIpc) is 3.30. The normalized spacial score (nSPS) is 14.8. The Labute approximate surface area is 262 Å². The summed E-state index contributed by atoms with van der Waals surface area (Å²) in [5.74, 6) is -2.30. The summed E-state index contributed by atoms with van der Waals surface area (Å²) in [6.07, 6.45) is 1.56. The summed E-state index contributed by atoms with van der Waals surface area (Å²) in [5, 5.41) is 5.37. The first-order chi connectivity index (χ1) is 21.2. The summed E-state index contributed by atoms with van der Waals surface area (Å²) < 4.78 is 0. The quantitative estimate of drug-likeness (QED) is 0.171. The molecule has 1 aliphatic heterocycles. The lowest BCUT2D eigenvalue weighted by Crippen LogP contribution is -2.31. The van der Waals surface area contributed by atoms with Gasteiger partial charge in [0.2, 0.25) is 17.7 Å². The van der Waals surface area contributed by atoms with Gasteiger partial charge in [-0.25, -0.2) is 4.90 Å². The molecule has 11 heteroatoms. The zero-order chi connectivity index (χ0) is 31.2. The number of nitrogens with one attached hydrogen (secondary N) is 2. The van der Waals surface area contributed by atoms with Crippen molar-refractivity contribution in [3.63, 3.8) is 0 Å². The van der Waals surface area contributed by atoms with E-state index in [1.807, 2.05) is 0 Å². The van der Waals surface area contributed by atoms with E-state index in [1.165, 1.54) is 36.0 Å². The smallest absolute Gasteiger partial charge is 0.272 e. The lowest BCUT2D eigenvalue weighted by molar-refractivity contribution is -0.121. The molecular weight excluding hydrogens is 600 g/mol. The third-order valence-corrected chi connectivity index (χ3v) is 8.06. The van der Waals surface area contributed by atoms with Gasteiger partial charge in [0.05, 0.1) is 10.9 Å². The Bertz CT molecular complexity index is 1760. The van der Waals surface area contributed by atoms with Crippen molar-refractivity contribution < 1.29 is 24.0 Å². The summed E-state index contributed by atoms with van der Waals surface area (Å²) in [6.45, 7) is 0. The molecule has 0 bridgehead atoms. The highest BCUT2D eigenvalue weighted by Gasteiger charge is 2.40. The molecule has 44 heavy (non-hydrogen) atoms. The molecule has 0 aromatic heterocycles. The lowest BCUT2D eigenvalue weighted by atomic mass is 10.1. The fourth-order valence-electron chi connectivity index (χ4n) is 4.39. The average molecular weight is 625 g/mol. The van der Waals surface area contributed by atoms with Crippen molar-refractivity contribution in [3.05, 3.63) is 131 Å². The van der Waals surface area contributed by atoms with E-state index >= 15 is 0 Å². The Kier molecular flexibility index (Phi) is 9.23. The van der Waals surface area contributed by atoms with Crippen LogP contribution in [0, 0.1) is 0 Å². The van der Waals surface area contributed by atoms with Crippen molar-refractivity contribution in [1.82, 2.24) is 5.32 Å². The minimum absolute atomic E-state index is 0.0134. The molecule has 1 atom stereocenters. The number of hydrogen-bond donors (Lipinski definition) is 3. The lowest BCUT2D eigenvalue weighted by Gasteiger charge is -2.15. The molecule has 1 heterocycles. The van der Waals surface area contributed by atoms with Crippen molar-refractivity contribution in [2.75, 3.05) is 10.2 Å². The molecule has 1 aliphatic rings. The maximum Gasteiger partial charge on any atom is 0.272 e. The summed E-state index contributed by atoms with van der Waals surface area (Å²) in [7, 11) is 0. The Morgan fingerprint density at radius 3 is 2.14 bits per heavy atom. The zero-order valence-electron chi connectivity index (χ0n) is 23.0. The number of anilines is 2. The van der Waals surface area contributed by atoms with E-state index in [-0.39, 0.29) is 29.5 Å². The van der Waals surface area contributed by atoms with Gasteiger partial charge in [0.25, 0.3) is 11.8 Å². The van der Waals surface area contributed by atoms with E-state index < -0.39 is 23.0 Å². The van der Waals surface area contributed by atoms with E-state index in [4.69, 9.17) is 17.3 Å². The second-order valence-corrected chi connectivity index (χ2v) is 11.4. The molecular formula is C33H25ClN4O5S. The highest BCUT2D eigenvalue weighted by atomic mass is 35.5. The summed E-state index contributed by atoms with van der Waals surface area (Å²) in [4.78, 5) is 65.0. The van der Waals surface area contributed by atoms with Gasteiger partial charge in [-0.1, -0.05) is 41.9 Å². The Morgan fingerprint density at radius 2 is 1.50 bits per heavy atom. The molecule has 1 saturated heterocycles. The van der Waals surface area contributed by atoms with Crippen LogP contribution >= 0.6 is 23.4 Å². The van der Waals surface area contributed by atoms with E-state index in [0.717, 1.165) is 9.80 Å². The minimum atomic E-state index is -0.638.